The van der Waals surface area contributed by atoms with Gasteiger partial charge in [-0.2, -0.15) is 0 Å². The van der Waals surface area contributed by atoms with E-state index in [0.717, 1.165) is 24.0 Å². The summed E-state index contributed by atoms with van der Waals surface area (Å²) in [5.74, 6) is -0.0726. The maximum Gasteiger partial charge on any atom is 0.412 e. The molecule has 0 radical (unpaired) electrons. The molecule has 1 aliphatic carbocycles. The Kier molecular flexibility index (Phi) is 5.53. The first kappa shape index (κ1) is 17.9. The van der Waals surface area contributed by atoms with Crippen LogP contribution in [-0.2, 0) is 0 Å². The van der Waals surface area contributed by atoms with Gasteiger partial charge in [0.15, 0.2) is 0 Å². The first-order chi connectivity index (χ1) is 12.5. The molecule has 2 aromatic rings. The van der Waals surface area contributed by atoms with E-state index in [-0.39, 0.29) is 12.1 Å². The molecule has 1 saturated carbocycles. The summed E-state index contributed by atoms with van der Waals surface area (Å²) in [4.78, 5) is 23.4. The number of carbonyl (C=O) groups excluding carboxylic acids is 2. The largest absolute Gasteiger partial charge is 0.412 e. The Balaban J connectivity index is 1.66. The van der Waals surface area contributed by atoms with Crippen LogP contribution >= 0.6 is 0 Å². The molecule has 6 heteroatoms. The van der Waals surface area contributed by atoms with E-state index in [9.17, 15) is 14.7 Å². The van der Waals surface area contributed by atoms with Crippen LogP contribution < -0.4 is 15.8 Å². The number of nitrogens with one attached hydrogen (secondary N) is 1. The van der Waals surface area contributed by atoms with Crippen molar-refractivity contribution in [3.05, 3.63) is 54.1 Å². The molecule has 0 bridgehead atoms. The Bertz CT molecular complexity index is 798. The Morgan fingerprint density at radius 2 is 1.65 bits per heavy atom. The average molecular weight is 354 g/mol. The number of rotatable bonds is 4. The molecule has 2 aromatic carbocycles. The highest BCUT2D eigenvalue weighted by Gasteiger charge is 2.21. The number of carbonyl (C=O) groups is 2. The maximum atomic E-state index is 12.1. The monoisotopic (exact) mass is 354 g/mol. The number of benzene rings is 2. The summed E-state index contributed by atoms with van der Waals surface area (Å²) in [6.07, 6.45) is 2.10. The van der Waals surface area contributed by atoms with E-state index in [2.05, 4.69) is 5.32 Å². The van der Waals surface area contributed by atoms with E-state index in [1.165, 1.54) is 0 Å². The van der Waals surface area contributed by atoms with Crippen molar-refractivity contribution >= 4 is 12.0 Å². The second-order valence-corrected chi connectivity index (χ2v) is 6.51. The van der Waals surface area contributed by atoms with Gasteiger partial charge in [0.25, 0.3) is 0 Å². The Morgan fingerprint density at radius 3 is 2.35 bits per heavy atom. The van der Waals surface area contributed by atoms with E-state index < -0.39 is 12.0 Å². The van der Waals surface area contributed by atoms with Crippen LogP contribution in [0.25, 0.3) is 11.1 Å². The van der Waals surface area contributed by atoms with Crippen LogP contribution in [0.4, 0.5) is 4.79 Å². The van der Waals surface area contributed by atoms with Crippen molar-refractivity contribution in [3.8, 4) is 16.9 Å². The molecule has 2 amide bonds. The smallest absolute Gasteiger partial charge is 0.410 e. The fourth-order valence-electron chi connectivity index (χ4n) is 3.11. The predicted molar refractivity (Wildman–Crippen MR) is 97.8 cm³/mol. The molecule has 0 aliphatic heterocycles. The molecular weight excluding hydrogens is 332 g/mol. The van der Waals surface area contributed by atoms with Crippen LogP contribution in [0.5, 0.6) is 5.75 Å². The number of primary amides is 1. The molecule has 1 aliphatic rings. The van der Waals surface area contributed by atoms with Crippen molar-refractivity contribution in [1.29, 1.82) is 0 Å². The topological polar surface area (TPSA) is 102 Å². The number of aliphatic hydroxyl groups excluding tert-OH is 1. The fourth-order valence-corrected chi connectivity index (χ4v) is 3.11. The van der Waals surface area contributed by atoms with Gasteiger partial charge in [0.2, 0.25) is 5.91 Å². The third-order valence-corrected chi connectivity index (χ3v) is 4.54. The zero-order chi connectivity index (χ0) is 18.5. The highest BCUT2D eigenvalue weighted by molar-refractivity contribution is 5.94. The van der Waals surface area contributed by atoms with Crippen molar-refractivity contribution in [3.63, 3.8) is 0 Å². The van der Waals surface area contributed by atoms with E-state index in [4.69, 9.17) is 10.5 Å². The summed E-state index contributed by atoms with van der Waals surface area (Å²) in [6.45, 7) is 0. The number of ether oxygens (including phenoxy) is 1. The van der Waals surface area contributed by atoms with Gasteiger partial charge in [-0.25, -0.2) is 4.79 Å². The fraction of sp³-hybridized carbons (Fsp3) is 0.300. The maximum absolute atomic E-state index is 12.1. The Labute approximate surface area is 152 Å². The van der Waals surface area contributed by atoms with Gasteiger partial charge in [-0.05, 0) is 61.1 Å². The molecule has 0 atom stereocenters. The van der Waals surface area contributed by atoms with Crippen molar-refractivity contribution in [1.82, 2.24) is 5.32 Å². The molecule has 136 valence electrons. The predicted octanol–water partition coefficient (Wildman–Crippen LogP) is 2.84. The molecule has 3 rings (SSSR count). The van der Waals surface area contributed by atoms with Gasteiger partial charge in [-0.1, -0.05) is 24.3 Å². The highest BCUT2D eigenvalue weighted by atomic mass is 16.6. The molecule has 0 aromatic heterocycles. The number of nitrogens with two attached hydrogens (primary N) is 1. The normalized spacial score (nSPS) is 19.6. The van der Waals surface area contributed by atoms with E-state index in [1.54, 1.807) is 36.4 Å². The van der Waals surface area contributed by atoms with E-state index in [1.807, 2.05) is 12.1 Å². The molecule has 0 heterocycles. The molecule has 0 spiro atoms. The molecule has 6 nitrogen and oxygen atoms in total. The standard InChI is InChI=1S/C20H22N2O4/c21-19(24)15-5-1-3-13(11-15)14-4-2-6-18(12-14)26-20(25)22-16-7-9-17(23)10-8-16/h1-6,11-12,16-17,23H,7-10H2,(H2,21,24)(H,22,25). The summed E-state index contributed by atoms with van der Waals surface area (Å²) < 4.78 is 5.38. The number of amides is 2. The SMILES string of the molecule is NC(=O)c1cccc(-c2cccc(OC(=O)NC3CCC(O)CC3)c2)c1. The van der Waals surface area contributed by atoms with Gasteiger partial charge in [-0.15, -0.1) is 0 Å². The van der Waals surface area contributed by atoms with Crippen molar-refractivity contribution in [2.45, 2.75) is 37.8 Å². The third-order valence-electron chi connectivity index (χ3n) is 4.54. The minimum absolute atomic E-state index is 0.0290. The van der Waals surface area contributed by atoms with Crippen LogP contribution in [0, 0.1) is 0 Å². The molecule has 0 saturated heterocycles. The molecular formula is C20H22N2O4. The van der Waals surface area contributed by atoms with Crippen molar-refractivity contribution in [2.24, 2.45) is 5.73 Å². The summed E-state index contributed by atoms with van der Waals surface area (Å²) in [5.41, 5.74) is 7.38. The summed E-state index contributed by atoms with van der Waals surface area (Å²) in [7, 11) is 0. The van der Waals surface area contributed by atoms with Crippen LogP contribution in [0.1, 0.15) is 36.0 Å². The third kappa shape index (κ3) is 4.61. The van der Waals surface area contributed by atoms with E-state index >= 15 is 0 Å². The first-order valence-corrected chi connectivity index (χ1v) is 8.68. The van der Waals surface area contributed by atoms with Gasteiger partial charge >= 0.3 is 6.09 Å². The first-order valence-electron chi connectivity index (χ1n) is 8.68. The minimum Gasteiger partial charge on any atom is -0.410 e. The second kappa shape index (κ2) is 8.01. The van der Waals surface area contributed by atoms with Gasteiger partial charge in [0.05, 0.1) is 6.10 Å². The number of hydrogen-bond donors (Lipinski definition) is 3. The number of aliphatic hydroxyl groups is 1. The Hall–Kier alpha value is -2.86. The van der Waals surface area contributed by atoms with Crippen LogP contribution in [0.3, 0.4) is 0 Å². The molecule has 0 unspecified atom stereocenters. The van der Waals surface area contributed by atoms with Gasteiger partial charge in [-0.3, -0.25) is 4.79 Å². The van der Waals surface area contributed by atoms with Gasteiger partial charge in [0.1, 0.15) is 5.75 Å². The van der Waals surface area contributed by atoms with Crippen molar-refractivity contribution < 1.29 is 19.4 Å². The van der Waals surface area contributed by atoms with Crippen molar-refractivity contribution in [2.75, 3.05) is 0 Å². The van der Waals surface area contributed by atoms with Crippen LogP contribution in [0.15, 0.2) is 48.5 Å². The minimum atomic E-state index is -0.505. The zero-order valence-corrected chi connectivity index (χ0v) is 14.4. The summed E-state index contributed by atoms with van der Waals surface area (Å²) in [5, 5.41) is 12.4. The van der Waals surface area contributed by atoms with E-state index in [0.29, 0.717) is 24.2 Å². The van der Waals surface area contributed by atoms with Crippen LogP contribution in [0.2, 0.25) is 0 Å². The average Bonchev–Trinajstić information content (AvgIpc) is 2.64. The lowest BCUT2D eigenvalue weighted by Crippen LogP contribution is -2.40. The van der Waals surface area contributed by atoms with Gasteiger partial charge in [0, 0.05) is 11.6 Å². The van der Waals surface area contributed by atoms with Gasteiger partial charge < -0.3 is 20.9 Å². The summed E-state index contributed by atoms with van der Waals surface area (Å²) in [6, 6.07) is 14.1. The quantitative estimate of drug-likeness (QED) is 0.786. The zero-order valence-electron chi connectivity index (χ0n) is 14.4. The highest BCUT2D eigenvalue weighted by Crippen LogP contribution is 2.25. The summed E-state index contributed by atoms with van der Waals surface area (Å²) >= 11 is 0. The molecule has 4 N–H and O–H groups in total. The Morgan fingerprint density at radius 1 is 1.00 bits per heavy atom. The van der Waals surface area contributed by atoms with Crippen LogP contribution in [-0.4, -0.2) is 29.3 Å². The lowest BCUT2D eigenvalue weighted by molar-refractivity contribution is 0.1000. The number of hydrogen-bond acceptors (Lipinski definition) is 4. The second-order valence-electron chi connectivity index (χ2n) is 6.51. The molecule has 1 fully saturated rings. The molecule has 26 heavy (non-hydrogen) atoms. The lowest BCUT2D eigenvalue weighted by Gasteiger charge is -2.25. The lowest BCUT2D eigenvalue weighted by atomic mass is 9.93.